The van der Waals surface area contributed by atoms with Crippen molar-refractivity contribution in [2.24, 2.45) is 0 Å². The molecule has 0 atom stereocenters. The molecule has 0 unspecified atom stereocenters. The molecule has 2 heterocycles. The third kappa shape index (κ3) is 4.36. The summed E-state index contributed by atoms with van der Waals surface area (Å²) >= 11 is 1.33. The van der Waals surface area contributed by atoms with Crippen LogP contribution in [0.1, 0.15) is 6.42 Å². The molecule has 0 fully saturated rings. The number of halogens is 1. The van der Waals surface area contributed by atoms with E-state index in [4.69, 9.17) is 4.74 Å². The quantitative estimate of drug-likeness (QED) is 0.369. The highest BCUT2D eigenvalue weighted by Gasteiger charge is 2.13. The summed E-state index contributed by atoms with van der Waals surface area (Å²) in [6.45, 7) is 1.19. The highest BCUT2D eigenvalue weighted by molar-refractivity contribution is 8.00. The SMILES string of the molecule is COCCCNC(=O)CSc1ncnc2c1cnn2-c1ccc(F)cc1. The number of benzene rings is 1. The van der Waals surface area contributed by atoms with Crippen LogP contribution in [0.2, 0.25) is 0 Å². The Morgan fingerprint density at radius 1 is 1.31 bits per heavy atom. The van der Waals surface area contributed by atoms with Gasteiger partial charge in [-0.1, -0.05) is 11.8 Å². The Morgan fingerprint density at radius 3 is 2.88 bits per heavy atom. The third-order valence-electron chi connectivity index (χ3n) is 3.59. The van der Waals surface area contributed by atoms with E-state index in [0.29, 0.717) is 29.5 Å². The lowest BCUT2D eigenvalue weighted by molar-refractivity contribution is -0.118. The van der Waals surface area contributed by atoms with Crippen LogP contribution in [0.15, 0.2) is 41.8 Å². The number of amides is 1. The zero-order chi connectivity index (χ0) is 18.4. The van der Waals surface area contributed by atoms with Crippen molar-refractivity contribution in [1.82, 2.24) is 25.1 Å². The van der Waals surface area contributed by atoms with E-state index >= 15 is 0 Å². The van der Waals surface area contributed by atoms with Crippen LogP contribution < -0.4 is 5.32 Å². The van der Waals surface area contributed by atoms with Gasteiger partial charge in [0.15, 0.2) is 5.65 Å². The van der Waals surface area contributed by atoms with Gasteiger partial charge in [-0.15, -0.1) is 0 Å². The predicted octanol–water partition coefficient (Wildman–Crippen LogP) is 2.20. The number of hydrogen-bond acceptors (Lipinski definition) is 6. The van der Waals surface area contributed by atoms with Gasteiger partial charge in [-0.2, -0.15) is 5.10 Å². The van der Waals surface area contributed by atoms with E-state index in [-0.39, 0.29) is 17.5 Å². The largest absolute Gasteiger partial charge is 0.385 e. The van der Waals surface area contributed by atoms with Crippen LogP contribution in [-0.2, 0) is 9.53 Å². The summed E-state index contributed by atoms with van der Waals surface area (Å²) in [5.41, 5.74) is 1.31. The minimum Gasteiger partial charge on any atom is -0.385 e. The van der Waals surface area contributed by atoms with Crippen LogP contribution in [0.3, 0.4) is 0 Å². The number of fused-ring (bicyclic) bond motifs is 1. The third-order valence-corrected chi connectivity index (χ3v) is 4.59. The van der Waals surface area contributed by atoms with Crippen LogP contribution in [0, 0.1) is 5.82 Å². The molecule has 26 heavy (non-hydrogen) atoms. The average molecular weight is 375 g/mol. The Labute approximate surface area is 154 Å². The number of nitrogens with zero attached hydrogens (tertiary/aromatic N) is 4. The second-order valence-electron chi connectivity index (χ2n) is 5.43. The molecule has 1 N–H and O–H groups in total. The highest BCUT2D eigenvalue weighted by Crippen LogP contribution is 2.25. The van der Waals surface area contributed by atoms with E-state index < -0.39 is 0 Å². The van der Waals surface area contributed by atoms with Crippen LogP contribution in [0.25, 0.3) is 16.7 Å². The molecule has 0 aliphatic rings. The number of hydrogen-bond donors (Lipinski definition) is 1. The van der Waals surface area contributed by atoms with Crippen molar-refractivity contribution in [2.45, 2.75) is 11.4 Å². The maximum Gasteiger partial charge on any atom is 0.230 e. The minimum atomic E-state index is -0.312. The first-order valence-corrected chi connectivity index (χ1v) is 9.00. The molecule has 2 aromatic heterocycles. The molecule has 0 aliphatic carbocycles. The van der Waals surface area contributed by atoms with Crippen molar-refractivity contribution in [3.8, 4) is 5.69 Å². The molecule has 9 heteroatoms. The molecule has 0 radical (unpaired) electrons. The number of ether oxygens (including phenoxy) is 1. The van der Waals surface area contributed by atoms with Crippen molar-refractivity contribution in [3.05, 3.63) is 42.6 Å². The fraction of sp³-hybridized carbons (Fsp3) is 0.294. The van der Waals surface area contributed by atoms with E-state index in [1.165, 1.54) is 30.2 Å². The number of carbonyl (C=O) groups excluding carboxylic acids is 1. The fourth-order valence-electron chi connectivity index (χ4n) is 2.34. The zero-order valence-electron chi connectivity index (χ0n) is 14.2. The first kappa shape index (κ1) is 18.3. The van der Waals surface area contributed by atoms with Gasteiger partial charge in [0.05, 0.1) is 23.0 Å². The standard InChI is InChI=1S/C17H18FN5O2S/c1-25-8-2-7-19-15(24)10-26-17-14-9-22-23(16(14)20-11-21-17)13-5-3-12(18)4-6-13/h3-6,9,11H,2,7-8,10H2,1H3,(H,19,24). The minimum absolute atomic E-state index is 0.0659. The summed E-state index contributed by atoms with van der Waals surface area (Å²) in [6, 6.07) is 6.00. The Bertz CT molecular complexity index is 884. The van der Waals surface area contributed by atoms with Crippen molar-refractivity contribution >= 4 is 28.7 Å². The number of carbonyl (C=O) groups is 1. The lowest BCUT2D eigenvalue weighted by Crippen LogP contribution is -2.26. The van der Waals surface area contributed by atoms with Gasteiger partial charge in [0.1, 0.15) is 17.2 Å². The number of aromatic nitrogens is 4. The van der Waals surface area contributed by atoms with Gasteiger partial charge in [-0.3, -0.25) is 4.79 Å². The first-order chi connectivity index (χ1) is 12.7. The lowest BCUT2D eigenvalue weighted by Gasteiger charge is -2.05. The maximum atomic E-state index is 13.1. The molecule has 3 rings (SSSR count). The highest BCUT2D eigenvalue weighted by atomic mass is 32.2. The van der Waals surface area contributed by atoms with Crippen molar-refractivity contribution in [1.29, 1.82) is 0 Å². The molecule has 0 spiro atoms. The van der Waals surface area contributed by atoms with Gasteiger partial charge in [0.2, 0.25) is 5.91 Å². The summed E-state index contributed by atoms with van der Waals surface area (Å²) in [5.74, 6) is -0.128. The lowest BCUT2D eigenvalue weighted by atomic mass is 10.3. The number of thioether (sulfide) groups is 1. The Hall–Kier alpha value is -2.52. The average Bonchev–Trinajstić information content (AvgIpc) is 3.09. The van der Waals surface area contributed by atoms with Gasteiger partial charge in [-0.25, -0.2) is 19.0 Å². The Balaban J connectivity index is 1.70. The van der Waals surface area contributed by atoms with Gasteiger partial charge in [0, 0.05) is 20.3 Å². The molecule has 7 nitrogen and oxygen atoms in total. The van der Waals surface area contributed by atoms with Gasteiger partial charge >= 0.3 is 0 Å². The fourth-order valence-corrected chi connectivity index (χ4v) is 3.13. The molecular weight excluding hydrogens is 357 g/mol. The summed E-state index contributed by atoms with van der Waals surface area (Å²) in [4.78, 5) is 20.4. The van der Waals surface area contributed by atoms with E-state index in [1.54, 1.807) is 30.1 Å². The summed E-state index contributed by atoms with van der Waals surface area (Å²) in [5, 5.41) is 8.57. The normalized spacial score (nSPS) is 11.0. The molecule has 1 aromatic carbocycles. The van der Waals surface area contributed by atoms with E-state index in [1.807, 2.05) is 0 Å². The number of rotatable bonds is 8. The monoisotopic (exact) mass is 375 g/mol. The molecule has 0 bridgehead atoms. The van der Waals surface area contributed by atoms with Crippen LogP contribution in [-0.4, -0.2) is 51.7 Å². The van der Waals surface area contributed by atoms with Crippen molar-refractivity contribution in [2.75, 3.05) is 26.0 Å². The summed E-state index contributed by atoms with van der Waals surface area (Å²) in [7, 11) is 1.63. The smallest absolute Gasteiger partial charge is 0.230 e. The van der Waals surface area contributed by atoms with Crippen LogP contribution >= 0.6 is 11.8 Å². The summed E-state index contributed by atoms with van der Waals surface area (Å²) in [6.07, 6.45) is 3.86. The van der Waals surface area contributed by atoms with Gasteiger partial charge < -0.3 is 10.1 Å². The molecular formula is C17H18FN5O2S. The molecule has 0 saturated carbocycles. The van der Waals surface area contributed by atoms with Crippen molar-refractivity contribution in [3.63, 3.8) is 0 Å². The van der Waals surface area contributed by atoms with E-state index in [0.717, 1.165) is 11.8 Å². The Morgan fingerprint density at radius 2 is 2.12 bits per heavy atom. The van der Waals surface area contributed by atoms with E-state index in [9.17, 15) is 9.18 Å². The second-order valence-corrected chi connectivity index (χ2v) is 6.40. The Kier molecular flexibility index (Phi) is 6.13. The molecule has 136 valence electrons. The molecule has 3 aromatic rings. The first-order valence-electron chi connectivity index (χ1n) is 8.02. The van der Waals surface area contributed by atoms with Crippen molar-refractivity contribution < 1.29 is 13.9 Å². The van der Waals surface area contributed by atoms with E-state index in [2.05, 4.69) is 20.4 Å². The van der Waals surface area contributed by atoms with Gasteiger partial charge in [-0.05, 0) is 30.7 Å². The molecule has 1 amide bonds. The topological polar surface area (TPSA) is 81.9 Å². The maximum absolute atomic E-state index is 13.1. The molecule has 0 aliphatic heterocycles. The summed E-state index contributed by atoms with van der Waals surface area (Å²) < 4.78 is 19.7. The second kappa shape index (κ2) is 8.72. The number of nitrogens with one attached hydrogen (secondary N) is 1. The van der Waals surface area contributed by atoms with Gasteiger partial charge in [0.25, 0.3) is 0 Å². The number of methoxy groups -OCH3 is 1. The predicted molar refractivity (Wildman–Crippen MR) is 96.8 cm³/mol. The zero-order valence-corrected chi connectivity index (χ0v) is 15.0. The van der Waals surface area contributed by atoms with Crippen LogP contribution in [0.4, 0.5) is 4.39 Å². The molecule has 0 saturated heterocycles. The van der Waals surface area contributed by atoms with Crippen LogP contribution in [0.5, 0.6) is 0 Å².